The van der Waals surface area contributed by atoms with Gasteiger partial charge in [0.25, 0.3) is 11.5 Å². The fourth-order valence-corrected chi connectivity index (χ4v) is 3.40. The van der Waals surface area contributed by atoms with Gasteiger partial charge in [-0.3, -0.25) is 9.59 Å². The molecular formula is C14H19N5O2S. The van der Waals surface area contributed by atoms with Gasteiger partial charge < -0.3 is 10.2 Å². The van der Waals surface area contributed by atoms with Crippen LogP contribution in [0.3, 0.4) is 0 Å². The molecule has 0 bridgehead atoms. The zero-order chi connectivity index (χ0) is 15.7. The second-order valence-corrected chi connectivity index (χ2v) is 6.67. The first-order valence-corrected chi connectivity index (χ1v) is 8.32. The van der Waals surface area contributed by atoms with Gasteiger partial charge in [-0.05, 0) is 33.1 Å². The van der Waals surface area contributed by atoms with Gasteiger partial charge in [-0.25, -0.2) is 4.98 Å². The van der Waals surface area contributed by atoms with Crippen molar-refractivity contribution in [2.75, 3.05) is 18.0 Å². The molecule has 8 heteroatoms. The molecule has 1 aliphatic heterocycles. The number of nitrogens with zero attached hydrogens (tertiary/aromatic N) is 4. The third-order valence-electron chi connectivity index (χ3n) is 3.57. The van der Waals surface area contributed by atoms with Crippen LogP contribution in [0.25, 0.3) is 4.96 Å². The van der Waals surface area contributed by atoms with E-state index in [-0.39, 0.29) is 11.6 Å². The maximum Gasteiger partial charge on any atom is 0.288 e. The minimum absolute atomic E-state index is 0.0293. The number of anilines is 1. The van der Waals surface area contributed by atoms with E-state index in [0.29, 0.717) is 4.96 Å². The van der Waals surface area contributed by atoms with Gasteiger partial charge in [0.15, 0.2) is 0 Å². The van der Waals surface area contributed by atoms with Crippen LogP contribution >= 0.6 is 11.3 Å². The van der Waals surface area contributed by atoms with Crippen molar-refractivity contribution in [3.05, 3.63) is 22.1 Å². The van der Waals surface area contributed by atoms with Gasteiger partial charge in [0, 0.05) is 25.3 Å². The highest BCUT2D eigenvalue weighted by atomic mass is 32.1. The highest BCUT2D eigenvalue weighted by Crippen LogP contribution is 2.24. The van der Waals surface area contributed by atoms with E-state index in [4.69, 9.17) is 0 Å². The molecule has 7 nitrogen and oxygen atoms in total. The summed E-state index contributed by atoms with van der Waals surface area (Å²) in [6.07, 6.45) is 4.85. The first-order valence-electron chi connectivity index (χ1n) is 7.51. The molecule has 0 unspecified atom stereocenters. The highest BCUT2D eigenvalue weighted by Gasteiger charge is 2.19. The van der Waals surface area contributed by atoms with Crippen LogP contribution < -0.4 is 15.8 Å². The molecule has 0 radical (unpaired) electrons. The van der Waals surface area contributed by atoms with Crippen molar-refractivity contribution in [2.24, 2.45) is 0 Å². The first kappa shape index (κ1) is 15.0. The Kier molecular flexibility index (Phi) is 4.10. The topological polar surface area (TPSA) is 79.6 Å². The summed E-state index contributed by atoms with van der Waals surface area (Å²) in [5.74, 6) is -0.408. The van der Waals surface area contributed by atoms with Crippen molar-refractivity contribution in [1.29, 1.82) is 0 Å². The summed E-state index contributed by atoms with van der Waals surface area (Å²) < 4.78 is 1.24. The lowest BCUT2D eigenvalue weighted by Gasteiger charge is -2.25. The molecule has 0 aliphatic carbocycles. The lowest BCUT2D eigenvalue weighted by atomic mass is 10.1. The van der Waals surface area contributed by atoms with Crippen LogP contribution in [0.2, 0.25) is 0 Å². The quantitative estimate of drug-likeness (QED) is 0.921. The third kappa shape index (κ3) is 2.83. The number of aromatic nitrogens is 3. The normalized spacial score (nSPS) is 15.5. The predicted molar refractivity (Wildman–Crippen MR) is 85.8 cm³/mol. The van der Waals surface area contributed by atoms with E-state index in [1.807, 2.05) is 13.8 Å². The molecule has 1 N–H and O–H groups in total. The van der Waals surface area contributed by atoms with Gasteiger partial charge in [-0.2, -0.15) is 4.52 Å². The number of carbonyl (C=O) groups excluding carboxylic acids is 1. The smallest absolute Gasteiger partial charge is 0.288 e. The van der Waals surface area contributed by atoms with E-state index >= 15 is 0 Å². The van der Waals surface area contributed by atoms with Gasteiger partial charge >= 0.3 is 0 Å². The van der Waals surface area contributed by atoms with E-state index in [1.165, 1.54) is 28.5 Å². The van der Waals surface area contributed by atoms with Crippen LogP contribution in [-0.4, -0.2) is 39.6 Å². The van der Waals surface area contributed by atoms with Crippen molar-refractivity contribution in [2.45, 2.75) is 39.2 Å². The van der Waals surface area contributed by atoms with Crippen molar-refractivity contribution in [3.63, 3.8) is 0 Å². The predicted octanol–water partition coefficient (Wildman–Crippen LogP) is 1.28. The van der Waals surface area contributed by atoms with Crippen LogP contribution in [0, 0.1) is 0 Å². The first-order chi connectivity index (χ1) is 10.6. The Balaban J connectivity index is 1.96. The molecule has 118 valence electrons. The minimum Gasteiger partial charge on any atom is -0.350 e. The standard InChI is InChI=1S/C14H19N5O2S/c1-9(2)16-11(20)10-8-15-13-19(12(10)21)17-14(22-13)18-6-4-3-5-7-18/h8-9H,3-7H2,1-2H3,(H,16,20). The third-order valence-corrected chi connectivity index (χ3v) is 4.55. The number of carbonyl (C=O) groups is 1. The van der Waals surface area contributed by atoms with Crippen molar-refractivity contribution in [1.82, 2.24) is 19.9 Å². The summed E-state index contributed by atoms with van der Waals surface area (Å²) in [6, 6.07) is -0.0352. The Morgan fingerprint density at radius 3 is 2.73 bits per heavy atom. The van der Waals surface area contributed by atoms with Crippen LogP contribution in [0.5, 0.6) is 0 Å². The molecule has 1 fully saturated rings. The summed E-state index contributed by atoms with van der Waals surface area (Å²) in [4.78, 5) is 31.4. The van der Waals surface area contributed by atoms with Crippen molar-refractivity contribution in [3.8, 4) is 0 Å². The van der Waals surface area contributed by atoms with Crippen molar-refractivity contribution < 1.29 is 4.79 Å². The molecule has 0 atom stereocenters. The Hall–Kier alpha value is -1.96. The number of piperidine rings is 1. The van der Waals surface area contributed by atoms with Gasteiger partial charge in [-0.15, -0.1) is 5.10 Å². The number of fused-ring (bicyclic) bond motifs is 1. The van der Waals surface area contributed by atoms with E-state index < -0.39 is 11.5 Å². The van der Waals surface area contributed by atoms with Gasteiger partial charge in [0.05, 0.1) is 0 Å². The molecule has 3 heterocycles. The number of amides is 1. The molecule has 1 amide bonds. The molecule has 1 saturated heterocycles. The molecular weight excluding hydrogens is 302 g/mol. The Morgan fingerprint density at radius 1 is 1.32 bits per heavy atom. The van der Waals surface area contributed by atoms with Crippen molar-refractivity contribution >= 4 is 27.3 Å². The van der Waals surface area contributed by atoms with Crippen LogP contribution in [0.4, 0.5) is 5.13 Å². The molecule has 0 saturated carbocycles. The fourth-order valence-electron chi connectivity index (χ4n) is 2.48. The molecule has 2 aromatic heterocycles. The van der Waals surface area contributed by atoms with E-state index in [0.717, 1.165) is 31.1 Å². The summed E-state index contributed by atoms with van der Waals surface area (Å²) in [5.41, 5.74) is -0.385. The number of nitrogens with one attached hydrogen (secondary N) is 1. The monoisotopic (exact) mass is 321 g/mol. The summed E-state index contributed by atoms with van der Waals surface area (Å²) >= 11 is 1.39. The molecule has 1 aliphatic rings. The van der Waals surface area contributed by atoms with E-state index in [2.05, 4.69) is 20.3 Å². The lowest BCUT2D eigenvalue weighted by molar-refractivity contribution is 0.0941. The summed E-state index contributed by atoms with van der Waals surface area (Å²) in [6.45, 7) is 5.60. The maximum absolute atomic E-state index is 12.4. The average molecular weight is 321 g/mol. The number of hydrogen-bond donors (Lipinski definition) is 1. The van der Waals surface area contributed by atoms with Crippen LogP contribution in [0.15, 0.2) is 11.0 Å². The zero-order valence-electron chi connectivity index (χ0n) is 12.7. The van der Waals surface area contributed by atoms with Gasteiger partial charge in [-0.1, -0.05) is 11.3 Å². The van der Waals surface area contributed by atoms with Gasteiger partial charge in [0.1, 0.15) is 5.56 Å². The molecule has 22 heavy (non-hydrogen) atoms. The van der Waals surface area contributed by atoms with Crippen LogP contribution in [-0.2, 0) is 0 Å². The molecule has 2 aromatic rings. The fraction of sp³-hybridized carbons (Fsp3) is 0.571. The summed E-state index contributed by atoms with van der Waals surface area (Å²) in [7, 11) is 0. The largest absolute Gasteiger partial charge is 0.350 e. The Labute approximate surface area is 132 Å². The van der Waals surface area contributed by atoms with E-state index in [1.54, 1.807) is 0 Å². The zero-order valence-corrected chi connectivity index (χ0v) is 13.5. The number of rotatable bonds is 3. The lowest BCUT2D eigenvalue weighted by Crippen LogP contribution is -2.35. The molecule has 0 aromatic carbocycles. The minimum atomic E-state index is -0.414. The second-order valence-electron chi connectivity index (χ2n) is 5.73. The highest BCUT2D eigenvalue weighted by molar-refractivity contribution is 7.20. The molecule has 0 spiro atoms. The number of hydrogen-bond acceptors (Lipinski definition) is 6. The average Bonchev–Trinajstić information content (AvgIpc) is 2.93. The Bertz CT molecular complexity index is 745. The SMILES string of the molecule is CC(C)NC(=O)c1cnc2sc(N3CCCCC3)nn2c1=O. The Morgan fingerprint density at radius 2 is 2.05 bits per heavy atom. The summed E-state index contributed by atoms with van der Waals surface area (Å²) in [5, 5.41) is 7.87. The maximum atomic E-state index is 12.4. The molecule has 3 rings (SSSR count). The second kappa shape index (κ2) is 6.04. The van der Waals surface area contributed by atoms with E-state index in [9.17, 15) is 9.59 Å². The van der Waals surface area contributed by atoms with Crippen LogP contribution in [0.1, 0.15) is 43.5 Å². The van der Waals surface area contributed by atoms with Gasteiger partial charge in [0.2, 0.25) is 10.1 Å².